The fourth-order valence-electron chi connectivity index (χ4n) is 1.63. The predicted molar refractivity (Wildman–Crippen MR) is 86.3 cm³/mol. The summed E-state index contributed by atoms with van der Waals surface area (Å²) in [6, 6.07) is 0.780. The second-order valence-electron chi connectivity index (χ2n) is 4.93. The Morgan fingerprint density at radius 1 is 1.17 bits per heavy atom. The molecule has 0 bridgehead atoms. The van der Waals surface area contributed by atoms with Gasteiger partial charge in [0.15, 0.2) is 0 Å². The Bertz CT molecular complexity index is 253. The maximum Gasteiger partial charge on any atom is 0.500 e. The van der Waals surface area contributed by atoms with Crippen LogP contribution >= 0.6 is 0 Å². The van der Waals surface area contributed by atoms with Crippen LogP contribution < -0.4 is 0 Å². The van der Waals surface area contributed by atoms with Crippen LogP contribution in [0.2, 0.25) is 6.04 Å². The Balaban J connectivity index is 0.000000515. The summed E-state index contributed by atoms with van der Waals surface area (Å²) in [5.74, 6) is 0. The molecule has 0 aromatic heterocycles. The van der Waals surface area contributed by atoms with Gasteiger partial charge in [-0.2, -0.15) is 0 Å². The molecule has 0 radical (unpaired) electrons. The molecule has 1 saturated heterocycles. The average Bonchev–Trinajstić information content (AvgIpc) is 3.41. The van der Waals surface area contributed by atoms with E-state index in [1.165, 1.54) is 0 Å². The third-order valence-electron chi connectivity index (χ3n) is 3.14. The monoisotopic (exact) mass is 356 g/mol. The minimum atomic E-state index is -2.39. The van der Waals surface area contributed by atoms with Crippen LogP contribution in [0.25, 0.3) is 0 Å². The zero-order valence-electron chi connectivity index (χ0n) is 14.7. The van der Waals surface area contributed by atoms with E-state index in [-0.39, 0.29) is 13.2 Å². The number of aliphatic hydroxyl groups excluding tert-OH is 2. The van der Waals surface area contributed by atoms with Gasteiger partial charge in [0.1, 0.15) is 12.2 Å². The standard InChI is InChI=1S/C9H20O5Si.C5H12O3/c1-10-15(11-2,12-3)6-4-5-13-7-9-8-14-9;1-2-8-4-5(7)3-6/h9H,4-8H2,1-3H3;5-7H,2-4H2,1H3. The summed E-state index contributed by atoms with van der Waals surface area (Å²) >= 11 is 0. The van der Waals surface area contributed by atoms with Gasteiger partial charge >= 0.3 is 8.80 Å². The van der Waals surface area contributed by atoms with Gasteiger partial charge < -0.3 is 37.7 Å². The van der Waals surface area contributed by atoms with Gasteiger partial charge in [0.05, 0.1) is 26.4 Å². The second-order valence-corrected chi connectivity index (χ2v) is 8.02. The quantitative estimate of drug-likeness (QED) is 0.271. The molecular weight excluding hydrogens is 324 g/mol. The first-order chi connectivity index (χ1) is 11.1. The molecular formula is C14H32O8Si. The molecule has 1 aliphatic heterocycles. The fraction of sp³-hybridized carbons (Fsp3) is 1.00. The maximum atomic E-state index is 8.61. The first-order valence-electron chi connectivity index (χ1n) is 7.78. The highest BCUT2D eigenvalue weighted by Crippen LogP contribution is 2.15. The highest BCUT2D eigenvalue weighted by Gasteiger charge is 2.36. The van der Waals surface area contributed by atoms with Crippen molar-refractivity contribution in [1.82, 2.24) is 0 Å². The Hall–Kier alpha value is -0.103. The Morgan fingerprint density at radius 2 is 1.78 bits per heavy atom. The maximum absolute atomic E-state index is 8.61. The lowest BCUT2D eigenvalue weighted by molar-refractivity contribution is 0.0104. The number of aliphatic hydroxyl groups is 2. The molecule has 8 nitrogen and oxygen atoms in total. The van der Waals surface area contributed by atoms with Crippen LogP contribution in [0, 0.1) is 0 Å². The van der Waals surface area contributed by atoms with Crippen LogP contribution in [0.1, 0.15) is 13.3 Å². The summed E-state index contributed by atoms with van der Waals surface area (Å²) < 4.78 is 31.1. The van der Waals surface area contributed by atoms with Crippen LogP contribution in [-0.2, 0) is 27.5 Å². The van der Waals surface area contributed by atoms with Crippen molar-refractivity contribution in [3.63, 3.8) is 0 Å². The average molecular weight is 356 g/mol. The van der Waals surface area contributed by atoms with E-state index >= 15 is 0 Å². The van der Waals surface area contributed by atoms with E-state index < -0.39 is 14.9 Å². The molecule has 0 amide bonds. The minimum Gasteiger partial charge on any atom is -0.394 e. The molecule has 0 saturated carbocycles. The van der Waals surface area contributed by atoms with Crippen molar-refractivity contribution >= 4 is 8.80 Å². The molecule has 2 N–H and O–H groups in total. The Morgan fingerprint density at radius 3 is 2.22 bits per heavy atom. The molecule has 1 heterocycles. The van der Waals surface area contributed by atoms with E-state index in [0.29, 0.717) is 25.9 Å². The van der Waals surface area contributed by atoms with Crippen LogP contribution in [0.15, 0.2) is 0 Å². The largest absolute Gasteiger partial charge is 0.500 e. The molecule has 2 unspecified atom stereocenters. The molecule has 2 atom stereocenters. The molecule has 0 aromatic carbocycles. The van der Waals surface area contributed by atoms with E-state index in [1.54, 1.807) is 21.3 Å². The Kier molecular flexibility index (Phi) is 14.2. The molecule has 140 valence electrons. The van der Waals surface area contributed by atoms with Crippen LogP contribution in [-0.4, -0.2) is 92.2 Å². The first kappa shape index (κ1) is 22.9. The summed E-state index contributed by atoms with van der Waals surface area (Å²) in [7, 11) is 2.48. The summed E-state index contributed by atoms with van der Waals surface area (Å²) in [6.07, 6.45) is 0.503. The van der Waals surface area contributed by atoms with Crippen LogP contribution in [0.4, 0.5) is 0 Å². The predicted octanol–water partition coefficient (Wildman–Crippen LogP) is 0.0461. The van der Waals surface area contributed by atoms with Crippen molar-refractivity contribution < 1.29 is 37.7 Å². The van der Waals surface area contributed by atoms with Crippen LogP contribution in [0.5, 0.6) is 0 Å². The summed E-state index contributed by atoms with van der Waals surface area (Å²) in [5.41, 5.74) is 0. The van der Waals surface area contributed by atoms with Crippen molar-refractivity contribution in [2.24, 2.45) is 0 Å². The van der Waals surface area contributed by atoms with E-state index in [4.69, 9.17) is 37.7 Å². The van der Waals surface area contributed by atoms with Crippen molar-refractivity contribution in [3.8, 4) is 0 Å². The van der Waals surface area contributed by atoms with Gasteiger partial charge in [-0.15, -0.1) is 0 Å². The SMILES string of the molecule is CCOCC(O)CO.CO[Si](CCCOCC1CO1)(OC)OC. The van der Waals surface area contributed by atoms with Gasteiger partial charge in [-0.1, -0.05) is 0 Å². The lowest BCUT2D eigenvalue weighted by Gasteiger charge is -2.24. The summed E-state index contributed by atoms with van der Waals surface area (Å²) in [5, 5.41) is 16.8. The Labute approximate surface area is 140 Å². The number of ether oxygens (including phenoxy) is 3. The molecule has 1 fully saturated rings. The highest BCUT2D eigenvalue weighted by molar-refractivity contribution is 6.60. The van der Waals surface area contributed by atoms with E-state index in [9.17, 15) is 0 Å². The molecule has 0 aromatic rings. The zero-order valence-corrected chi connectivity index (χ0v) is 15.7. The van der Waals surface area contributed by atoms with Gasteiger partial charge in [0.25, 0.3) is 0 Å². The number of rotatable bonds is 13. The van der Waals surface area contributed by atoms with Gasteiger partial charge in [0, 0.05) is 40.6 Å². The smallest absolute Gasteiger partial charge is 0.394 e. The molecule has 1 aliphatic rings. The third kappa shape index (κ3) is 12.0. The number of epoxide rings is 1. The molecule has 9 heteroatoms. The lowest BCUT2D eigenvalue weighted by atomic mass is 10.4. The molecule has 0 spiro atoms. The van der Waals surface area contributed by atoms with E-state index in [0.717, 1.165) is 19.1 Å². The van der Waals surface area contributed by atoms with E-state index in [1.807, 2.05) is 6.92 Å². The van der Waals surface area contributed by atoms with Crippen LogP contribution in [0.3, 0.4) is 0 Å². The first-order valence-corrected chi connectivity index (χ1v) is 9.72. The third-order valence-corrected chi connectivity index (χ3v) is 5.97. The number of hydrogen-bond donors (Lipinski definition) is 2. The lowest BCUT2D eigenvalue weighted by Crippen LogP contribution is -2.42. The van der Waals surface area contributed by atoms with Crippen molar-refractivity contribution in [2.75, 3.05) is 61.0 Å². The van der Waals surface area contributed by atoms with Gasteiger partial charge in [0.2, 0.25) is 0 Å². The minimum absolute atomic E-state index is 0.222. The second kappa shape index (κ2) is 14.3. The summed E-state index contributed by atoms with van der Waals surface area (Å²) in [4.78, 5) is 0. The molecule has 1 rings (SSSR count). The fourth-order valence-corrected chi connectivity index (χ4v) is 3.32. The van der Waals surface area contributed by atoms with Gasteiger partial charge in [-0.25, -0.2) is 0 Å². The summed E-state index contributed by atoms with van der Waals surface area (Å²) in [6.45, 7) is 4.66. The highest BCUT2D eigenvalue weighted by atomic mass is 28.4. The van der Waals surface area contributed by atoms with Gasteiger partial charge in [-0.05, 0) is 13.3 Å². The van der Waals surface area contributed by atoms with Gasteiger partial charge in [-0.3, -0.25) is 0 Å². The molecule has 0 aliphatic carbocycles. The number of hydrogen-bond acceptors (Lipinski definition) is 8. The van der Waals surface area contributed by atoms with Crippen molar-refractivity contribution in [2.45, 2.75) is 31.6 Å². The molecule has 23 heavy (non-hydrogen) atoms. The van der Waals surface area contributed by atoms with Crippen molar-refractivity contribution in [3.05, 3.63) is 0 Å². The zero-order chi connectivity index (χ0) is 17.6. The topological polar surface area (TPSA) is 99.1 Å². The normalized spacial score (nSPS) is 18.3. The van der Waals surface area contributed by atoms with Crippen molar-refractivity contribution in [1.29, 1.82) is 0 Å². The van der Waals surface area contributed by atoms with E-state index in [2.05, 4.69) is 0 Å².